The molecule has 1 rings (SSSR count). The third-order valence-corrected chi connectivity index (χ3v) is 11.3. The number of amides is 8. The highest BCUT2D eigenvalue weighted by molar-refractivity contribution is 6.00. The molecule has 9 atom stereocenters. The Morgan fingerprint density at radius 3 is 1.62 bits per heavy atom. The lowest BCUT2D eigenvalue weighted by atomic mass is 9.88. The van der Waals surface area contributed by atoms with E-state index in [1.165, 1.54) is 27.7 Å². The van der Waals surface area contributed by atoms with Crippen LogP contribution in [0.2, 0.25) is 0 Å². The van der Waals surface area contributed by atoms with Gasteiger partial charge in [0.05, 0.1) is 12.7 Å². The Balaban J connectivity index is 3.47. The summed E-state index contributed by atoms with van der Waals surface area (Å²) in [6.07, 6.45) is -1.08. The summed E-state index contributed by atoms with van der Waals surface area (Å²) >= 11 is 0. The van der Waals surface area contributed by atoms with Crippen LogP contribution in [0.15, 0.2) is 30.3 Å². The van der Waals surface area contributed by atoms with Gasteiger partial charge in [-0.05, 0) is 69.8 Å². The van der Waals surface area contributed by atoms with E-state index in [9.17, 15) is 58.5 Å². The van der Waals surface area contributed by atoms with E-state index in [2.05, 4.69) is 42.5 Å². The van der Waals surface area contributed by atoms with Crippen molar-refractivity contribution in [1.82, 2.24) is 42.5 Å². The number of rotatable bonds is 29. The molecule has 0 aromatic heterocycles. The topological polar surface area (TPSA) is 337 Å². The fourth-order valence-electron chi connectivity index (χ4n) is 6.98. The van der Waals surface area contributed by atoms with Crippen LogP contribution in [-0.4, -0.2) is 135 Å². The average Bonchev–Trinajstić information content (AvgIpc) is 3.24. The molecule has 384 valence electrons. The van der Waals surface area contributed by atoms with Crippen molar-refractivity contribution < 1.29 is 58.5 Å². The summed E-state index contributed by atoms with van der Waals surface area (Å²) in [4.78, 5) is 121. The van der Waals surface area contributed by atoms with Gasteiger partial charge >= 0.3 is 5.97 Å². The van der Waals surface area contributed by atoms with Crippen molar-refractivity contribution in [1.29, 1.82) is 0 Å². The quantitative estimate of drug-likeness (QED) is 0.0483. The number of carboxylic acid groups (broad SMARTS) is 1. The molecular weight excluding hydrogens is 883 g/mol. The highest BCUT2D eigenvalue weighted by atomic mass is 16.4. The smallest absolute Gasteiger partial charge is 0.326 e. The molecule has 68 heavy (non-hydrogen) atoms. The fraction of sp³-hybridized carbons (Fsp3) is 0.681. The number of hydrogen-bond acceptors (Lipinski definition) is 12. The predicted molar refractivity (Wildman–Crippen MR) is 254 cm³/mol. The molecule has 0 fully saturated rings. The molecule has 0 aliphatic heterocycles. The van der Waals surface area contributed by atoms with Crippen LogP contribution in [0.25, 0.3) is 0 Å². The summed E-state index contributed by atoms with van der Waals surface area (Å²) in [6, 6.07) is 0.665. The molecule has 0 saturated carbocycles. The Morgan fingerprint density at radius 2 is 1.15 bits per heavy atom. The van der Waals surface area contributed by atoms with Crippen LogP contribution in [-0.2, 0) is 49.6 Å². The summed E-state index contributed by atoms with van der Waals surface area (Å²) in [5, 5.41) is 51.5. The predicted octanol–water partition coefficient (Wildman–Crippen LogP) is -0.492. The summed E-state index contributed by atoms with van der Waals surface area (Å²) in [6.45, 7) is 18.3. The second-order valence-corrected chi connectivity index (χ2v) is 19.3. The maximum absolute atomic E-state index is 14.4. The molecule has 0 bridgehead atoms. The number of carbonyl (C=O) groups is 9. The number of nitrogens with one attached hydrogen (secondary N) is 8. The Hall–Kier alpha value is -5.67. The highest BCUT2D eigenvalue weighted by Crippen LogP contribution is 2.19. The lowest BCUT2D eigenvalue weighted by molar-refractivity contribution is -0.144. The Kier molecular flexibility index (Phi) is 24.8. The maximum Gasteiger partial charge on any atom is 0.326 e. The summed E-state index contributed by atoms with van der Waals surface area (Å²) in [5.41, 5.74) is 2.08. The minimum Gasteiger partial charge on any atom is -0.480 e. The number of hydrogen-bond donors (Lipinski definition) is 12. The van der Waals surface area contributed by atoms with Crippen molar-refractivity contribution in [3.8, 4) is 0 Å². The fourth-order valence-corrected chi connectivity index (χ4v) is 6.98. The van der Waals surface area contributed by atoms with E-state index >= 15 is 0 Å². The first-order chi connectivity index (χ1) is 31.5. The molecule has 21 heteroatoms. The van der Waals surface area contributed by atoms with Crippen LogP contribution in [0.1, 0.15) is 114 Å². The molecule has 1 aromatic carbocycles. The molecule has 0 aliphatic rings. The molecule has 0 unspecified atom stereocenters. The van der Waals surface area contributed by atoms with Crippen LogP contribution in [0.5, 0.6) is 0 Å². The number of aliphatic hydroxyl groups excluding tert-OH is 2. The molecule has 21 nitrogen and oxygen atoms in total. The molecule has 0 saturated heterocycles. The second-order valence-electron chi connectivity index (χ2n) is 19.3. The molecule has 0 heterocycles. The van der Waals surface area contributed by atoms with Crippen molar-refractivity contribution in [2.24, 2.45) is 29.4 Å². The number of carbonyl (C=O) groups excluding carboxylic acids is 8. The van der Waals surface area contributed by atoms with Crippen molar-refractivity contribution >= 4 is 53.2 Å². The third-order valence-electron chi connectivity index (χ3n) is 11.3. The van der Waals surface area contributed by atoms with Crippen molar-refractivity contribution in [2.45, 2.75) is 169 Å². The van der Waals surface area contributed by atoms with Crippen LogP contribution < -0.4 is 48.3 Å². The zero-order valence-corrected chi connectivity index (χ0v) is 41.8. The van der Waals surface area contributed by atoms with Gasteiger partial charge in [0.1, 0.15) is 47.3 Å². The number of nitrogens with two attached hydrogens (primary N) is 1. The number of aliphatic carboxylic acids is 1. The monoisotopic (exact) mass is 962 g/mol. The van der Waals surface area contributed by atoms with E-state index in [1.54, 1.807) is 71.9 Å². The average molecular weight is 962 g/mol. The summed E-state index contributed by atoms with van der Waals surface area (Å²) in [5.74, 6) is -9.01. The molecule has 0 spiro atoms. The first kappa shape index (κ1) is 60.3. The van der Waals surface area contributed by atoms with Crippen LogP contribution in [0.4, 0.5) is 0 Å². The minimum atomic E-state index is -2.11. The molecule has 13 N–H and O–H groups in total. The Morgan fingerprint density at radius 1 is 0.632 bits per heavy atom. The Bertz CT molecular complexity index is 1880. The van der Waals surface area contributed by atoms with Gasteiger partial charge < -0.3 is 63.6 Å². The standard InChI is InChI=1S/C47H79N9O12/c1-13-28(8)36(41(63)51-33(22-26(4)5)40(62)53-37(30(10)58)42(64)52-35(27(6)7)43(65)66)54-44(67)46(11,12)56-45(68)47(24-57,23-31-17-15-14-16-18-31)55-38(60)29(9)49-39(61)32(21-25(2)3)50-34(59)19-20-48/h14-18,25-30,32-33,35-37,57-58H,13,19-24,48H2,1-12H3,(H,49,61)(H,50,59)(H,51,63)(H,52,64)(H,53,62)(H,54,67)(H,55,60)(H,56,68)(H,65,66)/t28-,29+,30-,32+,33+,35+,36-,37+,47+/m1/s1. The lowest BCUT2D eigenvalue weighted by Gasteiger charge is -2.37. The van der Waals surface area contributed by atoms with Crippen LogP contribution in [0.3, 0.4) is 0 Å². The molecular formula is C47H79N9O12. The highest BCUT2D eigenvalue weighted by Gasteiger charge is 2.45. The molecule has 1 aromatic rings. The Labute approximate surface area is 400 Å². The first-order valence-corrected chi connectivity index (χ1v) is 23.3. The normalized spacial score (nSPS) is 16.0. The summed E-state index contributed by atoms with van der Waals surface area (Å²) in [7, 11) is 0. The number of benzene rings is 1. The zero-order valence-electron chi connectivity index (χ0n) is 41.8. The van der Waals surface area contributed by atoms with Crippen LogP contribution >= 0.6 is 0 Å². The van der Waals surface area contributed by atoms with Gasteiger partial charge in [0.2, 0.25) is 47.3 Å². The van der Waals surface area contributed by atoms with E-state index in [0.717, 1.165) is 0 Å². The van der Waals surface area contributed by atoms with Crippen molar-refractivity contribution in [3.05, 3.63) is 35.9 Å². The van der Waals surface area contributed by atoms with E-state index in [4.69, 9.17) is 5.73 Å². The van der Waals surface area contributed by atoms with Gasteiger partial charge in [0.25, 0.3) is 0 Å². The number of aliphatic hydroxyl groups is 2. The van der Waals surface area contributed by atoms with Crippen LogP contribution in [0, 0.1) is 23.7 Å². The molecule has 8 amide bonds. The van der Waals surface area contributed by atoms with Crippen molar-refractivity contribution in [3.63, 3.8) is 0 Å². The number of carboxylic acids is 1. The van der Waals surface area contributed by atoms with Gasteiger partial charge in [-0.15, -0.1) is 0 Å². The van der Waals surface area contributed by atoms with E-state index in [1.807, 2.05) is 13.8 Å². The van der Waals surface area contributed by atoms with E-state index in [-0.39, 0.29) is 44.1 Å². The van der Waals surface area contributed by atoms with E-state index < -0.39 is 125 Å². The summed E-state index contributed by atoms with van der Waals surface area (Å²) < 4.78 is 0. The van der Waals surface area contributed by atoms with Gasteiger partial charge in [-0.2, -0.15) is 0 Å². The SMILES string of the molecule is CC[C@@H](C)[C@@H](NC(=O)C(C)(C)NC(=O)[C@@](CO)(Cc1ccccc1)NC(=O)[C@H](C)NC(=O)[C@H](CC(C)C)NC(=O)CCN)C(=O)N[C@@H](CC(C)C)C(=O)N[C@H](C(=O)N[C@H](C(=O)O)C(C)C)[C@@H](C)O. The second kappa shape index (κ2) is 28.0. The maximum atomic E-state index is 14.4. The van der Waals surface area contributed by atoms with Gasteiger partial charge in [-0.1, -0.05) is 92.1 Å². The first-order valence-electron chi connectivity index (χ1n) is 23.3. The molecule has 0 aliphatic carbocycles. The zero-order chi connectivity index (χ0) is 52.3. The minimum absolute atomic E-state index is 0.0174. The van der Waals surface area contributed by atoms with Crippen molar-refractivity contribution in [2.75, 3.05) is 13.2 Å². The largest absolute Gasteiger partial charge is 0.480 e. The van der Waals surface area contributed by atoms with Gasteiger partial charge in [-0.25, -0.2) is 4.79 Å². The van der Waals surface area contributed by atoms with Gasteiger partial charge in [0.15, 0.2) is 0 Å². The molecule has 0 radical (unpaired) electrons. The lowest BCUT2D eigenvalue weighted by Crippen LogP contribution is -2.69. The van der Waals surface area contributed by atoms with E-state index in [0.29, 0.717) is 12.0 Å². The third kappa shape index (κ3) is 19.1. The van der Waals surface area contributed by atoms with Gasteiger partial charge in [0, 0.05) is 19.4 Å². The van der Waals surface area contributed by atoms with Gasteiger partial charge in [-0.3, -0.25) is 38.4 Å².